The molecule has 5 heteroatoms. The molecular weight excluding hydrogens is 260 g/mol. The van der Waals surface area contributed by atoms with Crippen LogP contribution in [0, 0.1) is 0 Å². The number of aromatic nitrogens is 2. The minimum absolute atomic E-state index is 0.00145. The number of hydrogen-bond donors (Lipinski definition) is 1. The van der Waals surface area contributed by atoms with E-state index in [1.165, 1.54) is 11.1 Å². The Morgan fingerprint density at radius 2 is 2.16 bits per heavy atom. The number of aliphatic hydroxyl groups excluding tert-OH is 1. The lowest BCUT2D eigenvalue weighted by Gasteiger charge is -2.27. The number of nitrogens with zero attached hydrogens (tertiary/aromatic N) is 2. The van der Waals surface area contributed by atoms with Gasteiger partial charge in [-0.25, -0.2) is 0 Å². The first-order valence-corrected chi connectivity index (χ1v) is 7.65. The van der Waals surface area contributed by atoms with Crippen LogP contribution >= 0.6 is 11.8 Å². The number of thioether (sulfide) groups is 1. The maximum atomic E-state index is 9.87. The average molecular weight is 274 g/mol. The van der Waals surface area contributed by atoms with Crippen molar-refractivity contribution < 1.29 is 9.63 Å². The summed E-state index contributed by atoms with van der Waals surface area (Å²) >= 11 is 1.73. The van der Waals surface area contributed by atoms with Gasteiger partial charge in [0, 0.05) is 11.5 Å². The smallest absolute Gasteiger partial charge is 0.233 e. The van der Waals surface area contributed by atoms with Gasteiger partial charge >= 0.3 is 0 Å². The van der Waals surface area contributed by atoms with Crippen molar-refractivity contribution in [3.63, 3.8) is 0 Å². The predicted molar refractivity (Wildman–Crippen MR) is 72.4 cm³/mol. The molecular formula is C14H14N2O2S. The normalized spacial score (nSPS) is 29.0. The van der Waals surface area contributed by atoms with Gasteiger partial charge < -0.3 is 9.63 Å². The number of fused-ring (bicyclic) bond motifs is 1. The van der Waals surface area contributed by atoms with Gasteiger partial charge in [-0.3, -0.25) is 0 Å². The lowest BCUT2D eigenvalue weighted by Crippen LogP contribution is -2.20. The fraction of sp³-hybridized carbons (Fsp3) is 0.429. The molecule has 2 aliphatic rings. The Labute approximate surface area is 115 Å². The predicted octanol–water partition coefficient (Wildman–Crippen LogP) is 1.95. The van der Waals surface area contributed by atoms with Gasteiger partial charge in [-0.2, -0.15) is 16.7 Å². The largest absolute Gasteiger partial charge is 0.391 e. The van der Waals surface area contributed by atoms with Crippen molar-refractivity contribution in [3.05, 3.63) is 47.1 Å². The lowest BCUT2D eigenvalue weighted by molar-refractivity contribution is 0.164. The first kappa shape index (κ1) is 11.5. The Bertz CT molecular complexity index is 613. The van der Waals surface area contributed by atoms with Crippen molar-refractivity contribution in [2.24, 2.45) is 0 Å². The van der Waals surface area contributed by atoms with E-state index in [2.05, 4.69) is 28.3 Å². The van der Waals surface area contributed by atoms with E-state index < -0.39 is 0 Å². The van der Waals surface area contributed by atoms with Crippen molar-refractivity contribution in [1.29, 1.82) is 0 Å². The van der Waals surface area contributed by atoms with Gasteiger partial charge in [0.15, 0.2) is 5.82 Å². The van der Waals surface area contributed by atoms with Gasteiger partial charge in [-0.1, -0.05) is 29.4 Å². The lowest BCUT2D eigenvalue weighted by atomic mass is 9.77. The molecule has 0 bridgehead atoms. The van der Waals surface area contributed by atoms with E-state index in [-0.39, 0.29) is 17.9 Å². The minimum atomic E-state index is -0.355. The molecule has 4 rings (SSSR count). The van der Waals surface area contributed by atoms with E-state index >= 15 is 0 Å². The Hall–Kier alpha value is -1.33. The number of rotatable bonds is 2. The molecule has 2 aromatic rings. The fourth-order valence-electron chi connectivity index (χ4n) is 2.81. The highest BCUT2D eigenvalue weighted by atomic mass is 32.2. The first-order valence-electron chi connectivity index (χ1n) is 6.50. The van der Waals surface area contributed by atoms with E-state index in [1.807, 2.05) is 6.07 Å². The Kier molecular flexibility index (Phi) is 2.63. The molecule has 4 nitrogen and oxygen atoms in total. The molecule has 1 saturated heterocycles. The van der Waals surface area contributed by atoms with Crippen molar-refractivity contribution in [2.75, 3.05) is 11.5 Å². The van der Waals surface area contributed by atoms with Gasteiger partial charge in [0.2, 0.25) is 5.89 Å². The Morgan fingerprint density at radius 1 is 1.26 bits per heavy atom. The molecule has 19 heavy (non-hydrogen) atoms. The summed E-state index contributed by atoms with van der Waals surface area (Å²) in [5.74, 6) is 3.25. The monoisotopic (exact) mass is 274 g/mol. The van der Waals surface area contributed by atoms with Crippen LogP contribution in [0.2, 0.25) is 0 Å². The van der Waals surface area contributed by atoms with Gasteiger partial charge in [-0.05, 0) is 17.5 Å². The molecule has 0 spiro atoms. The fourth-order valence-corrected chi connectivity index (χ4v) is 4.04. The molecule has 1 aliphatic heterocycles. The van der Waals surface area contributed by atoms with E-state index in [9.17, 15) is 5.11 Å². The van der Waals surface area contributed by atoms with Crippen LogP contribution in [0.3, 0.4) is 0 Å². The van der Waals surface area contributed by atoms with Gasteiger partial charge in [0.25, 0.3) is 0 Å². The van der Waals surface area contributed by atoms with Crippen LogP contribution in [-0.2, 0) is 6.42 Å². The molecule has 2 heterocycles. The zero-order chi connectivity index (χ0) is 12.8. The first-order chi connectivity index (χ1) is 9.33. The molecule has 0 saturated carbocycles. The zero-order valence-corrected chi connectivity index (χ0v) is 11.1. The molecule has 3 unspecified atom stereocenters. The van der Waals surface area contributed by atoms with Crippen LogP contribution in [-0.4, -0.2) is 32.9 Å². The minimum Gasteiger partial charge on any atom is -0.391 e. The van der Waals surface area contributed by atoms with Gasteiger partial charge in [0.1, 0.15) is 0 Å². The second kappa shape index (κ2) is 4.35. The third-order valence-corrected chi connectivity index (χ3v) is 5.16. The second-order valence-corrected chi connectivity index (χ2v) is 6.23. The quantitative estimate of drug-likeness (QED) is 0.907. The van der Waals surface area contributed by atoms with Gasteiger partial charge in [-0.15, -0.1) is 0 Å². The summed E-state index contributed by atoms with van der Waals surface area (Å²) in [7, 11) is 0. The highest BCUT2D eigenvalue weighted by molar-refractivity contribution is 7.99. The maximum absolute atomic E-state index is 9.87. The molecule has 1 aromatic carbocycles. The van der Waals surface area contributed by atoms with Crippen LogP contribution < -0.4 is 0 Å². The van der Waals surface area contributed by atoms with E-state index in [0.717, 1.165) is 23.8 Å². The third-order valence-electron chi connectivity index (χ3n) is 3.99. The average Bonchev–Trinajstić information content (AvgIpc) is 3.00. The van der Waals surface area contributed by atoms with Crippen LogP contribution in [0.1, 0.15) is 34.7 Å². The summed E-state index contributed by atoms with van der Waals surface area (Å²) in [6, 6.07) is 8.37. The van der Waals surface area contributed by atoms with Crippen LogP contribution in [0.15, 0.2) is 28.8 Å². The Balaban J connectivity index is 1.60. The molecule has 0 radical (unpaired) electrons. The van der Waals surface area contributed by atoms with Crippen molar-refractivity contribution >= 4 is 11.8 Å². The maximum Gasteiger partial charge on any atom is 0.233 e. The number of benzene rings is 1. The number of hydrogen-bond acceptors (Lipinski definition) is 5. The van der Waals surface area contributed by atoms with Crippen LogP contribution in [0.4, 0.5) is 0 Å². The summed E-state index contributed by atoms with van der Waals surface area (Å²) in [6.07, 6.45) is 0.629. The molecule has 98 valence electrons. The summed E-state index contributed by atoms with van der Waals surface area (Å²) in [5, 5.41) is 14.0. The molecule has 1 fully saturated rings. The zero-order valence-electron chi connectivity index (χ0n) is 10.3. The summed E-state index contributed by atoms with van der Waals surface area (Å²) in [6.45, 7) is 0. The van der Waals surface area contributed by atoms with Crippen molar-refractivity contribution in [3.8, 4) is 0 Å². The third kappa shape index (κ3) is 1.80. The molecule has 1 aliphatic carbocycles. The summed E-state index contributed by atoms with van der Waals surface area (Å²) in [5.41, 5.74) is 2.67. The number of aliphatic hydroxyl groups is 1. The molecule has 1 aromatic heterocycles. The molecule has 1 N–H and O–H groups in total. The van der Waals surface area contributed by atoms with Crippen molar-refractivity contribution in [1.82, 2.24) is 10.1 Å². The summed E-state index contributed by atoms with van der Waals surface area (Å²) in [4.78, 5) is 4.51. The van der Waals surface area contributed by atoms with E-state index in [1.54, 1.807) is 11.8 Å². The Morgan fingerprint density at radius 3 is 2.95 bits per heavy atom. The van der Waals surface area contributed by atoms with E-state index in [4.69, 9.17) is 4.52 Å². The summed E-state index contributed by atoms with van der Waals surface area (Å²) < 4.78 is 5.36. The molecule has 3 atom stereocenters. The van der Waals surface area contributed by atoms with Crippen LogP contribution in [0.5, 0.6) is 0 Å². The highest BCUT2D eigenvalue weighted by Gasteiger charge is 2.35. The van der Waals surface area contributed by atoms with E-state index in [0.29, 0.717) is 5.89 Å². The second-order valence-electron chi connectivity index (χ2n) is 5.16. The molecule has 0 amide bonds. The highest BCUT2D eigenvalue weighted by Crippen LogP contribution is 2.39. The standard InChI is InChI=1S/C14H14N2O2S/c17-12-7-19-6-11(12)14-15-13(16-18-14)10-5-8-3-1-2-4-9(8)10/h1-4,10-12,17H,5-7H2. The SMILES string of the molecule is OC1CSCC1c1nc(C2Cc3ccccc32)no1. The van der Waals surface area contributed by atoms with Crippen LogP contribution in [0.25, 0.3) is 0 Å². The topological polar surface area (TPSA) is 59.2 Å². The van der Waals surface area contributed by atoms with Crippen molar-refractivity contribution in [2.45, 2.75) is 24.4 Å². The van der Waals surface area contributed by atoms with Gasteiger partial charge in [0.05, 0.1) is 17.9 Å².